The fourth-order valence-corrected chi connectivity index (χ4v) is 1.18. The molecule has 0 atom stereocenters. The van der Waals surface area contributed by atoms with Gasteiger partial charge in [-0.2, -0.15) is 0 Å². The van der Waals surface area contributed by atoms with Crippen LogP contribution in [0.5, 0.6) is 5.75 Å². The molecule has 0 aliphatic heterocycles. The summed E-state index contributed by atoms with van der Waals surface area (Å²) >= 11 is 0. The minimum atomic E-state index is -1.29. The lowest BCUT2D eigenvalue weighted by Crippen LogP contribution is -2.04. The Balaban J connectivity index is 3.32. The van der Waals surface area contributed by atoms with E-state index in [9.17, 15) is 13.2 Å². The van der Waals surface area contributed by atoms with Crippen LogP contribution in [-0.2, 0) is 6.42 Å². The summed E-state index contributed by atoms with van der Waals surface area (Å²) in [4.78, 5) is 0. The van der Waals surface area contributed by atoms with E-state index >= 15 is 0 Å². The Kier molecular flexibility index (Phi) is 3.35. The molecule has 1 rings (SSSR count). The van der Waals surface area contributed by atoms with Gasteiger partial charge in [0.05, 0.1) is 7.11 Å². The number of ether oxygens (including phenoxy) is 1. The van der Waals surface area contributed by atoms with Crippen molar-refractivity contribution in [2.45, 2.75) is 6.42 Å². The summed E-state index contributed by atoms with van der Waals surface area (Å²) in [7, 11) is 1.15. The molecule has 0 unspecified atom stereocenters. The number of halogens is 3. The van der Waals surface area contributed by atoms with Gasteiger partial charge in [0, 0.05) is 24.7 Å². The van der Waals surface area contributed by atoms with Crippen molar-refractivity contribution in [2.24, 2.45) is 0 Å². The molecule has 14 heavy (non-hydrogen) atoms. The standard InChI is InChI=1S/C9H9F3O2/c1-14-9-5(2-3-13)8(12)6(10)4-7(9)11/h4,13H,2-3H2,1H3. The van der Waals surface area contributed by atoms with Crippen LogP contribution in [0, 0.1) is 17.5 Å². The van der Waals surface area contributed by atoms with E-state index < -0.39 is 24.1 Å². The first-order chi connectivity index (χ1) is 6.61. The lowest BCUT2D eigenvalue weighted by Gasteiger charge is -2.09. The predicted octanol–water partition coefficient (Wildman–Crippen LogP) is 1.65. The molecule has 2 nitrogen and oxygen atoms in total. The molecule has 0 radical (unpaired) electrons. The van der Waals surface area contributed by atoms with Gasteiger partial charge in [-0.15, -0.1) is 0 Å². The normalized spacial score (nSPS) is 10.4. The fourth-order valence-electron chi connectivity index (χ4n) is 1.18. The van der Waals surface area contributed by atoms with Gasteiger partial charge in [0.1, 0.15) is 0 Å². The number of rotatable bonds is 3. The molecule has 0 aromatic heterocycles. The van der Waals surface area contributed by atoms with Gasteiger partial charge in [0.25, 0.3) is 0 Å². The molecule has 1 aromatic rings. The largest absolute Gasteiger partial charge is 0.493 e. The number of benzene rings is 1. The van der Waals surface area contributed by atoms with Crippen LogP contribution in [0.1, 0.15) is 5.56 Å². The van der Waals surface area contributed by atoms with Crippen molar-refractivity contribution in [3.8, 4) is 5.75 Å². The van der Waals surface area contributed by atoms with E-state index in [1.807, 2.05) is 0 Å². The maximum Gasteiger partial charge on any atom is 0.168 e. The lowest BCUT2D eigenvalue weighted by molar-refractivity contribution is 0.291. The van der Waals surface area contributed by atoms with E-state index in [4.69, 9.17) is 5.11 Å². The Bertz CT molecular complexity index is 339. The second-order valence-electron chi connectivity index (χ2n) is 2.64. The van der Waals surface area contributed by atoms with Gasteiger partial charge in [-0.3, -0.25) is 0 Å². The smallest absolute Gasteiger partial charge is 0.168 e. The summed E-state index contributed by atoms with van der Waals surface area (Å²) in [6.45, 7) is -0.407. The molecule has 5 heteroatoms. The van der Waals surface area contributed by atoms with Crippen LogP contribution in [0.25, 0.3) is 0 Å². The highest BCUT2D eigenvalue weighted by Crippen LogP contribution is 2.27. The first-order valence-electron chi connectivity index (χ1n) is 3.93. The fraction of sp³-hybridized carbons (Fsp3) is 0.333. The monoisotopic (exact) mass is 206 g/mol. The van der Waals surface area contributed by atoms with E-state index in [0.29, 0.717) is 6.07 Å². The van der Waals surface area contributed by atoms with Crippen LogP contribution < -0.4 is 4.74 Å². The molecule has 0 fully saturated rings. The average Bonchev–Trinajstić information content (AvgIpc) is 2.14. The van der Waals surface area contributed by atoms with Gasteiger partial charge in [0.15, 0.2) is 23.2 Å². The molecule has 0 amide bonds. The van der Waals surface area contributed by atoms with Crippen LogP contribution in [0.3, 0.4) is 0 Å². The number of hydrogen-bond acceptors (Lipinski definition) is 2. The van der Waals surface area contributed by atoms with Gasteiger partial charge < -0.3 is 9.84 Å². The topological polar surface area (TPSA) is 29.5 Å². The summed E-state index contributed by atoms with van der Waals surface area (Å²) in [5, 5.41) is 8.58. The highest BCUT2D eigenvalue weighted by Gasteiger charge is 2.18. The third kappa shape index (κ3) is 1.82. The second kappa shape index (κ2) is 4.32. The van der Waals surface area contributed by atoms with Crippen LogP contribution in [0.15, 0.2) is 6.07 Å². The van der Waals surface area contributed by atoms with E-state index in [0.717, 1.165) is 7.11 Å². The molecule has 0 heterocycles. The highest BCUT2D eigenvalue weighted by molar-refractivity contribution is 5.37. The lowest BCUT2D eigenvalue weighted by atomic mass is 10.1. The second-order valence-corrected chi connectivity index (χ2v) is 2.64. The number of hydrogen-bond donors (Lipinski definition) is 1. The number of methoxy groups -OCH3 is 1. The summed E-state index contributed by atoms with van der Waals surface area (Å²) in [6.07, 6.45) is -0.191. The van der Waals surface area contributed by atoms with Crippen molar-refractivity contribution in [1.82, 2.24) is 0 Å². The molecule has 1 N–H and O–H groups in total. The molecular weight excluding hydrogens is 197 g/mol. The molecule has 78 valence electrons. The Morgan fingerprint density at radius 1 is 1.29 bits per heavy atom. The Labute approximate surface area is 78.9 Å². The van der Waals surface area contributed by atoms with Crippen molar-refractivity contribution < 1.29 is 23.0 Å². The average molecular weight is 206 g/mol. The van der Waals surface area contributed by atoms with E-state index in [2.05, 4.69) is 4.74 Å². The van der Waals surface area contributed by atoms with E-state index in [1.54, 1.807) is 0 Å². The summed E-state index contributed by atoms with van der Waals surface area (Å²) in [6, 6.07) is 0.412. The van der Waals surface area contributed by atoms with Crippen LogP contribution in [0.4, 0.5) is 13.2 Å². The van der Waals surface area contributed by atoms with Crippen LogP contribution in [-0.4, -0.2) is 18.8 Å². The van der Waals surface area contributed by atoms with E-state index in [-0.39, 0.29) is 17.7 Å². The molecule has 0 saturated carbocycles. The molecule has 0 aliphatic rings. The van der Waals surface area contributed by atoms with E-state index in [1.165, 1.54) is 0 Å². The van der Waals surface area contributed by atoms with Crippen molar-refractivity contribution in [1.29, 1.82) is 0 Å². The van der Waals surface area contributed by atoms with Gasteiger partial charge in [0.2, 0.25) is 0 Å². The maximum atomic E-state index is 13.1. The zero-order valence-electron chi connectivity index (χ0n) is 7.48. The minimum absolute atomic E-state index is 0.191. The first kappa shape index (κ1) is 10.8. The Hall–Kier alpha value is -1.23. The van der Waals surface area contributed by atoms with Gasteiger partial charge >= 0.3 is 0 Å². The van der Waals surface area contributed by atoms with Gasteiger partial charge in [-0.25, -0.2) is 13.2 Å². The van der Waals surface area contributed by atoms with Crippen LogP contribution >= 0.6 is 0 Å². The molecule has 0 spiro atoms. The molecular formula is C9H9F3O2. The highest BCUT2D eigenvalue weighted by atomic mass is 19.2. The zero-order chi connectivity index (χ0) is 10.7. The molecule has 0 bridgehead atoms. The summed E-state index contributed by atoms with van der Waals surface area (Å²) < 4.78 is 43.4. The Morgan fingerprint density at radius 3 is 2.43 bits per heavy atom. The first-order valence-corrected chi connectivity index (χ1v) is 3.93. The number of aliphatic hydroxyl groups is 1. The molecule has 0 aliphatic carbocycles. The predicted molar refractivity (Wildman–Crippen MR) is 43.7 cm³/mol. The number of aliphatic hydroxyl groups excluding tert-OH is 1. The third-order valence-electron chi connectivity index (χ3n) is 1.79. The maximum absolute atomic E-state index is 13.1. The molecule has 1 aromatic carbocycles. The van der Waals surface area contributed by atoms with Gasteiger partial charge in [-0.1, -0.05) is 0 Å². The summed E-state index contributed by atoms with van der Waals surface area (Å²) in [5.41, 5.74) is -0.285. The quantitative estimate of drug-likeness (QED) is 0.762. The SMILES string of the molecule is COc1c(F)cc(F)c(F)c1CCO. The summed E-state index contributed by atoms with van der Waals surface area (Å²) in [5.74, 6) is -3.81. The Morgan fingerprint density at radius 2 is 1.93 bits per heavy atom. The molecule has 0 saturated heterocycles. The zero-order valence-corrected chi connectivity index (χ0v) is 7.48. The van der Waals surface area contributed by atoms with Gasteiger partial charge in [-0.05, 0) is 0 Å². The third-order valence-corrected chi connectivity index (χ3v) is 1.79. The van der Waals surface area contributed by atoms with Crippen molar-refractivity contribution in [3.05, 3.63) is 29.1 Å². The van der Waals surface area contributed by atoms with Crippen molar-refractivity contribution in [3.63, 3.8) is 0 Å². The van der Waals surface area contributed by atoms with Crippen LogP contribution in [0.2, 0.25) is 0 Å². The van der Waals surface area contributed by atoms with Crippen molar-refractivity contribution >= 4 is 0 Å². The minimum Gasteiger partial charge on any atom is -0.493 e. The van der Waals surface area contributed by atoms with Crippen molar-refractivity contribution in [2.75, 3.05) is 13.7 Å².